The molecule has 0 atom stereocenters. The molecule has 0 aliphatic heterocycles. The van der Waals surface area contributed by atoms with Gasteiger partial charge in [-0.15, -0.1) is 11.3 Å². The minimum Gasteiger partial charge on any atom is -0.378 e. The van der Waals surface area contributed by atoms with Gasteiger partial charge >= 0.3 is 0 Å². The predicted molar refractivity (Wildman–Crippen MR) is 38.6 cm³/mol. The molecule has 0 aliphatic carbocycles. The standard InChI is InChI=1S/C6H7F2NS/c1-9-6-5(8)4(2-7)3-10-6/h3,9H,2H2,1H3. The summed E-state index contributed by atoms with van der Waals surface area (Å²) in [7, 11) is 1.61. The van der Waals surface area contributed by atoms with E-state index >= 15 is 0 Å². The van der Waals surface area contributed by atoms with E-state index in [-0.39, 0.29) is 5.56 Å². The third-order valence-electron chi connectivity index (χ3n) is 1.17. The summed E-state index contributed by atoms with van der Waals surface area (Å²) in [4.78, 5) is 0. The number of halogens is 2. The lowest BCUT2D eigenvalue weighted by Gasteiger charge is -1.92. The lowest BCUT2D eigenvalue weighted by molar-refractivity contribution is 0.467. The summed E-state index contributed by atoms with van der Waals surface area (Å²) in [5.74, 6) is -0.463. The molecule has 1 aromatic rings. The maximum Gasteiger partial charge on any atom is 0.163 e. The molecule has 4 heteroatoms. The van der Waals surface area contributed by atoms with E-state index in [9.17, 15) is 8.78 Å². The lowest BCUT2D eigenvalue weighted by Crippen LogP contribution is -1.88. The van der Waals surface area contributed by atoms with Crippen molar-refractivity contribution in [1.29, 1.82) is 0 Å². The predicted octanol–water partition coefficient (Wildman–Crippen LogP) is 2.40. The lowest BCUT2D eigenvalue weighted by atomic mass is 10.3. The number of rotatable bonds is 2. The summed E-state index contributed by atoms with van der Waals surface area (Å²) >= 11 is 1.17. The van der Waals surface area contributed by atoms with Crippen LogP contribution in [0, 0.1) is 5.82 Å². The summed E-state index contributed by atoms with van der Waals surface area (Å²) in [5, 5.41) is 4.50. The van der Waals surface area contributed by atoms with Crippen LogP contribution >= 0.6 is 11.3 Å². The van der Waals surface area contributed by atoms with Gasteiger partial charge in [-0.2, -0.15) is 0 Å². The van der Waals surface area contributed by atoms with Crippen molar-refractivity contribution < 1.29 is 8.78 Å². The highest BCUT2D eigenvalue weighted by Gasteiger charge is 2.08. The average Bonchev–Trinajstić information content (AvgIpc) is 2.30. The summed E-state index contributed by atoms with van der Waals surface area (Å²) in [6.45, 7) is -0.732. The molecule has 0 radical (unpaired) electrons. The maximum atomic E-state index is 12.7. The minimum absolute atomic E-state index is 0.134. The number of hydrogen-bond donors (Lipinski definition) is 1. The Morgan fingerprint density at radius 1 is 1.70 bits per heavy atom. The van der Waals surface area contributed by atoms with Crippen molar-refractivity contribution in [3.8, 4) is 0 Å². The van der Waals surface area contributed by atoms with Crippen LogP contribution in [0.4, 0.5) is 13.8 Å². The summed E-state index contributed by atoms with van der Waals surface area (Å²) in [6.07, 6.45) is 0. The monoisotopic (exact) mass is 163 g/mol. The quantitative estimate of drug-likeness (QED) is 0.705. The largest absolute Gasteiger partial charge is 0.378 e. The summed E-state index contributed by atoms with van der Waals surface area (Å²) in [5.41, 5.74) is 0.134. The highest BCUT2D eigenvalue weighted by atomic mass is 32.1. The van der Waals surface area contributed by atoms with Crippen LogP contribution < -0.4 is 5.32 Å². The van der Waals surface area contributed by atoms with Crippen molar-refractivity contribution in [2.24, 2.45) is 0 Å². The number of thiophene rings is 1. The van der Waals surface area contributed by atoms with Crippen molar-refractivity contribution in [2.75, 3.05) is 12.4 Å². The fourth-order valence-corrected chi connectivity index (χ4v) is 1.42. The molecule has 0 saturated heterocycles. The molecule has 1 heterocycles. The van der Waals surface area contributed by atoms with E-state index in [0.29, 0.717) is 5.00 Å². The second-order valence-corrected chi connectivity index (χ2v) is 2.67. The SMILES string of the molecule is CNc1scc(CF)c1F. The molecule has 1 aromatic heterocycles. The second-order valence-electron chi connectivity index (χ2n) is 1.79. The van der Waals surface area contributed by atoms with Crippen molar-refractivity contribution in [3.63, 3.8) is 0 Å². The number of alkyl halides is 1. The molecule has 0 aliphatic rings. The number of hydrogen-bond acceptors (Lipinski definition) is 2. The summed E-state index contributed by atoms with van der Waals surface area (Å²) < 4.78 is 24.6. The fourth-order valence-electron chi connectivity index (χ4n) is 0.638. The molecule has 1 nitrogen and oxygen atoms in total. The Morgan fingerprint density at radius 3 is 2.70 bits per heavy atom. The number of nitrogens with one attached hydrogen (secondary N) is 1. The third-order valence-corrected chi connectivity index (χ3v) is 2.19. The third kappa shape index (κ3) is 1.11. The van der Waals surface area contributed by atoms with E-state index in [1.165, 1.54) is 16.7 Å². The van der Waals surface area contributed by atoms with E-state index in [2.05, 4.69) is 5.32 Å². The molecule has 0 spiro atoms. The Labute approximate surface area is 61.7 Å². The van der Waals surface area contributed by atoms with E-state index in [1.54, 1.807) is 7.05 Å². The molecule has 1 N–H and O–H groups in total. The molecule has 0 saturated carbocycles. The first kappa shape index (κ1) is 7.47. The van der Waals surface area contributed by atoms with E-state index < -0.39 is 12.5 Å². The summed E-state index contributed by atoms with van der Waals surface area (Å²) in [6, 6.07) is 0. The van der Waals surface area contributed by atoms with Gasteiger partial charge in [0.2, 0.25) is 0 Å². The van der Waals surface area contributed by atoms with E-state index in [4.69, 9.17) is 0 Å². The van der Waals surface area contributed by atoms with Crippen LogP contribution in [0.5, 0.6) is 0 Å². The molecular formula is C6H7F2NS. The molecule has 0 bridgehead atoms. The van der Waals surface area contributed by atoms with Crippen molar-refractivity contribution >= 4 is 16.3 Å². The molecule has 1 rings (SSSR count). The van der Waals surface area contributed by atoms with Gasteiger partial charge in [-0.3, -0.25) is 0 Å². The van der Waals surface area contributed by atoms with Gasteiger partial charge in [0.25, 0.3) is 0 Å². The fraction of sp³-hybridized carbons (Fsp3) is 0.333. The van der Waals surface area contributed by atoms with Gasteiger partial charge in [-0.25, -0.2) is 8.78 Å². The van der Waals surface area contributed by atoms with Crippen molar-refractivity contribution in [1.82, 2.24) is 0 Å². The average molecular weight is 163 g/mol. The zero-order chi connectivity index (χ0) is 7.56. The van der Waals surface area contributed by atoms with Gasteiger partial charge in [-0.05, 0) is 0 Å². The molecule has 10 heavy (non-hydrogen) atoms. The number of anilines is 1. The van der Waals surface area contributed by atoms with Crippen LogP contribution in [-0.4, -0.2) is 7.05 Å². The van der Waals surface area contributed by atoms with Crippen LogP contribution in [0.2, 0.25) is 0 Å². The molecule has 0 amide bonds. The van der Waals surface area contributed by atoms with Crippen LogP contribution in [0.15, 0.2) is 5.38 Å². The Balaban J connectivity index is 2.97. The van der Waals surface area contributed by atoms with Crippen LogP contribution in [0.3, 0.4) is 0 Å². The van der Waals surface area contributed by atoms with Gasteiger partial charge < -0.3 is 5.32 Å². The van der Waals surface area contributed by atoms with E-state index in [1.807, 2.05) is 0 Å². The maximum absolute atomic E-state index is 12.7. The Morgan fingerprint density at radius 2 is 2.40 bits per heavy atom. The smallest absolute Gasteiger partial charge is 0.163 e. The molecule has 0 aromatic carbocycles. The highest BCUT2D eigenvalue weighted by Crippen LogP contribution is 2.25. The van der Waals surface area contributed by atoms with Crippen molar-refractivity contribution in [2.45, 2.75) is 6.67 Å². The Kier molecular flexibility index (Phi) is 2.21. The van der Waals surface area contributed by atoms with Gasteiger partial charge in [0, 0.05) is 18.0 Å². The minimum atomic E-state index is -0.732. The van der Waals surface area contributed by atoms with E-state index in [0.717, 1.165) is 0 Å². The first-order valence-corrected chi connectivity index (χ1v) is 3.67. The molecule has 56 valence electrons. The second kappa shape index (κ2) is 2.96. The Bertz CT molecular complexity index is 200. The zero-order valence-corrected chi connectivity index (χ0v) is 6.27. The molecular weight excluding hydrogens is 156 g/mol. The first-order chi connectivity index (χ1) is 4.79. The van der Waals surface area contributed by atoms with Gasteiger partial charge in [0.1, 0.15) is 11.7 Å². The van der Waals surface area contributed by atoms with Gasteiger partial charge in [-0.1, -0.05) is 0 Å². The topological polar surface area (TPSA) is 12.0 Å². The van der Waals surface area contributed by atoms with Crippen LogP contribution in [0.25, 0.3) is 0 Å². The van der Waals surface area contributed by atoms with Gasteiger partial charge in [0.15, 0.2) is 5.82 Å². The first-order valence-electron chi connectivity index (χ1n) is 2.79. The highest BCUT2D eigenvalue weighted by molar-refractivity contribution is 7.14. The van der Waals surface area contributed by atoms with Crippen LogP contribution in [-0.2, 0) is 6.67 Å². The Hall–Kier alpha value is -0.640. The normalized spacial score (nSPS) is 9.90. The molecule has 0 fully saturated rings. The zero-order valence-electron chi connectivity index (χ0n) is 5.45. The molecule has 0 unspecified atom stereocenters. The van der Waals surface area contributed by atoms with Crippen molar-refractivity contribution in [3.05, 3.63) is 16.8 Å². The van der Waals surface area contributed by atoms with Gasteiger partial charge in [0.05, 0.1) is 0 Å². The van der Waals surface area contributed by atoms with Crippen LogP contribution in [0.1, 0.15) is 5.56 Å².